The molecule has 6 heteroatoms. The fourth-order valence-corrected chi connectivity index (χ4v) is 10.4. The predicted octanol–water partition coefficient (Wildman–Crippen LogP) is 12.0. The zero-order valence-corrected chi connectivity index (χ0v) is 30.5. The van der Waals surface area contributed by atoms with E-state index >= 15 is 0 Å². The Morgan fingerprint density at radius 3 is 1.63 bits per heavy atom. The second kappa shape index (κ2) is 12.5. The Kier molecular flexibility index (Phi) is 7.12. The van der Waals surface area contributed by atoms with Gasteiger partial charge >= 0.3 is 311 Å². The molecule has 0 bridgehead atoms. The number of oxazole rings is 1. The molecule has 11 aromatic rings. The van der Waals surface area contributed by atoms with Crippen molar-refractivity contribution in [2.24, 2.45) is 0 Å². The molecule has 0 saturated carbocycles. The molecule has 0 radical (unpaired) electrons. The number of hydrogen-bond donors (Lipinski definition) is 0. The van der Waals surface area contributed by atoms with E-state index in [-0.39, 0.29) is 14.5 Å². The van der Waals surface area contributed by atoms with E-state index < -0.39 is 0 Å². The summed E-state index contributed by atoms with van der Waals surface area (Å²) in [6.07, 6.45) is 0. The average Bonchev–Trinajstić information content (AvgIpc) is 3.87. The Hall–Kier alpha value is -6.72. The van der Waals surface area contributed by atoms with Gasteiger partial charge in [0.25, 0.3) is 0 Å². The number of rotatable bonds is 5. The van der Waals surface area contributed by atoms with Crippen LogP contribution in [0.1, 0.15) is 0 Å². The Bertz CT molecular complexity index is 3150. The van der Waals surface area contributed by atoms with E-state index in [2.05, 4.69) is 103 Å². The maximum atomic E-state index is 6.54. The molecule has 0 saturated heterocycles. The summed E-state index contributed by atoms with van der Waals surface area (Å²) in [4.78, 5) is 20.0. The molecule has 0 amide bonds. The first kappa shape index (κ1) is 30.9. The van der Waals surface area contributed by atoms with Crippen LogP contribution >= 0.6 is 0 Å². The van der Waals surface area contributed by atoms with Gasteiger partial charge in [-0.05, 0) is 0 Å². The van der Waals surface area contributed by atoms with Crippen molar-refractivity contribution in [3.05, 3.63) is 170 Å². The molecule has 0 aliphatic heterocycles. The van der Waals surface area contributed by atoms with Gasteiger partial charge in [0.1, 0.15) is 0 Å². The van der Waals surface area contributed by atoms with E-state index in [4.69, 9.17) is 24.4 Å². The van der Waals surface area contributed by atoms with Crippen LogP contribution in [0.25, 0.3) is 109 Å². The minimum absolute atomic E-state index is 0.000794. The SMILES string of the molecule is c1ccc(-c2nc(-c3ccccc3)nc(-c3cccc4c3[se]c3c(-c5ccc6ccc7ccc8nc(-c9ccccc9)oc8c7c6c5)cccc34)n2)cc1. The Labute approximate surface area is 316 Å². The minimum atomic E-state index is 0.000794. The first-order chi connectivity index (χ1) is 26.7. The first-order valence-corrected chi connectivity index (χ1v) is 19.6. The number of fused-ring (bicyclic) bond motifs is 8. The van der Waals surface area contributed by atoms with Gasteiger partial charge < -0.3 is 0 Å². The molecule has 0 spiro atoms. The predicted molar refractivity (Wildman–Crippen MR) is 222 cm³/mol. The Morgan fingerprint density at radius 2 is 0.944 bits per heavy atom. The molecule has 252 valence electrons. The summed E-state index contributed by atoms with van der Waals surface area (Å²) in [5.41, 5.74) is 8.04. The topological polar surface area (TPSA) is 64.7 Å². The van der Waals surface area contributed by atoms with Gasteiger partial charge in [0.05, 0.1) is 0 Å². The summed E-state index contributed by atoms with van der Waals surface area (Å²) in [6, 6.07) is 59.1. The maximum absolute atomic E-state index is 6.54. The molecular formula is C48H28N4OSe. The molecule has 0 N–H and O–H groups in total. The third-order valence-corrected chi connectivity index (χ3v) is 12.9. The van der Waals surface area contributed by atoms with Crippen molar-refractivity contribution in [2.75, 3.05) is 0 Å². The van der Waals surface area contributed by atoms with E-state index in [9.17, 15) is 0 Å². The Balaban J connectivity index is 1.10. The van der Waals surface area contributed by atoms with E-state index in [1.807, 2.05) is 66.7 Å². The van der Waals surface area contributed by atoms with Crippen LogP contribution in [0.15, 0.2) is 174 Å². The van der Waals surface area contributed by atoms with Crippen LogP contribution < -0.4 is 0 Å². The van der Waals surface area contributed by atoms with Crippen LogP contribution in [0.5, 0.6) is 0 Å². The van der Waals surface area contributed by atoms with E-state index in [0.29, 0.717) is 23.4 Å². The molecule has 0 atom stereocenters. The number of aromatic nitrogens is 4. The average molecular weight is 756 g/mol. The molecule has 3 heterocycles. The summed E-state index contributed by atoms with van der Waals surface area (Å²) < 4.78 is 9.20. The number of hydrogen-bond acceptors (Lipinski definition) is 5. The molecule has 0 aliphatic rings. The van der Waals surface area contributed by atoms with Gasteiger partial charge in [-0.25, -0.2) is 0 Å². The summed E-state index contributed by atoms with van der Waals surface area (Å²) in [5, 5.41) is 7.05. The third kappa shape index (κ3) is 5.07. The van der Waals surface area contributed by atoms with Crippen molar-refractivity contribution in [3.8, 4) is 56.7 Å². The number of nitrogens with zero attached hydrogens (tertiary/aromatic N) is 4. The molecule has 0 unspecified atom stereocenters. The van der Waals surface area contributed by atoms with Gasteiger partial charge in [-0.15, -0.1) is 0 Å². The van der Waals surface area contributed by atoms with Crippen molar-refractivity contribution < 1.29 is 4.42 Å². The molecule has 0 fully saturated rings. The van der Waals surface area contributed by atoms with Crippen molar-refractivity contribution in [1.82, 2.24) is 19.9 Å². The summed E-state index contributed by atoms with van der Waals surface area (Å²) in [7, 11) is 0. The quantitative estimate of drug-likeness (QED) is 0.129. The normalized spacial score (nSPS) is 11.7. The van der Waals surface area contributed by atoms with E-state index in [1.54, 1.807) is 0 Å². The molecule has 11 rings (SSSR count). The van der Waals surface area contributed by atoms with Gasteiger partial charge in [0.15, 0.2) is 0 Å². The van der Waals surface area contributed by atoms with Crippen molar-refractivity contribution in [3.63, 3.8) is 0 Å². The van der Waals surface area contributed by atoms with Crippen molar-refractivity contribution in [1.29, 1.82) is 0 Å². The fourth-order valence-electron chi connectivity index (χ4n) is 7.55. The van der Waals surface area contributed by atoms with Crippen LogP contribution in [0, 0.1) is 0 Å². The van der Waals surface area contributed by atoms with Gasteiger partial charge in [0.2, 0.25) is 0 Å². The molecular weight excluding hydrogens is 728 g/mol. The zero-order chi connectivity index (χ0) is 35.6. The van der Waals surface area contributed by atoms with Crippen LogP contribution in [0.2, 0.25) is 0 Å². The van der Waals surface area contributed by atoms with Crippen LogP contribution in [0.3, 0.4) is 0 Å². The standard InChI is InChI=1S/C48H28N4OSe/c1-4-12-31(13-5-1)45-50-46(32-14-6-2-7-15-32)52-47(51-45)38-21-11-20-37-36-19-10-18-35(43(36)54-44(37)38)34-25-23-29-22-24-30-26-27-40-42(41(30)39(29)28-34)53-48(49-40)33-16-8-3-9-17-33/h1-28H. The Morgan fingerprint density at radius 1 is 0.389 bits per heavy atom. The summed E-state index contributed by atoms with van der Waals surface area (Å²) in [5.74, 6) is 2.66. The third-order valence-electron chi connectivity index (χ3n) is 10.2. The summed E-state index contributed by atoms with van der Waals surface area (Å²) in [6.45, 7) is 0. The first-order valence-electron chi connectivity index (χ1n) is 17.9. The van der Waals surface area contributed by atoms with Crippen LogP contribution in [-0.4, -0.2) is 34.4 Å². The number of benzene rings is 8. The molecule has 8 aromatic carbocycles. The molecule has 54 heavy (non-hydrogen) atoms. The van der Waals surface area contributed by atoms with Crippen molar-refractivity contribution in [2.45, 2.75) is 0 Å². The summed E-state index contributed by atoms with van der Waals surface area (Å²) >= 11 is 0.000794. The molecule has 5 nitrogen and oxygen atoms in total. The zero-order valence-electron chi connectivity index (χ0n) is 28.8. The van der Waals surface area contributed by atoms with Crippen LogP contribution in [0.4, 0.5) is 0 Å². The second-order valence-corrected chi connectivity index (χ2v) is 15.5. The monoisotopic (exact) mass is 756 g/mol. The van der Waals surface area contributed by atoms with Gasteiger partial charge in [-0.3, -0.25) is 0 Å². The molecule has 0 aliphatic carbocycles. The van der Waals surface area contributed by atoms with E-state index in [1.165, 1.54) is 35.8 Å². The second-order valence-electron chi connectivity index (χ2n) is 13.4. The van der Waals surface area contributed by atoms with Crippen molar-refractivity contribution >= 4 is 66.4 Å². The van der Waals surface area contributed by atoms with Gasteiger partial charge in [-0.2, -0.15) is 0 Å². The van der Waals surface area contributed by atoms with Gasteiger partial charge in [0, 0.05) is 0 Å². The van der Waals surface area contributed by atoms with Gasteiger partial charge in [-0.1, -0.05) is 6.07 Å². The molecule has 3 aromatic heterocycles. The van der Waals surface area contributed by atoms with E-state index in [0.717, 1.165) is 49.5 Å². The fraction of sp³-hybridized carbons (Fsp3) is 0. The van der Waals surface area contributed by atoms with Crippen LogP contribution in [-0.2, 0) is 0 Å².